The van der Waals surface area contributed by atoms with Crippen molar-refractivity contribution in [3.8, 4) is 11.5 Å². The van der Waals surface area contributed by atoms with Gasteiger partial charge in [0.05, 0.1) is 18.1 Å². The van der Waals surface area contributed by atoms with E-state index < -0.39 is 0 Å². The van der Waals surface area contributed by atoms with Crippen LogP contribution in [0.1, 0.15) is 11.4 Å². The Morgan fingerprint density at radius 1 is 1.12 bits per heavy atom. The number of aromatic nitrogens is 2. The van der Waals surface area contributed by atoms with E-state index in [-0.39, 0.29) is 0 Å². The Morgan fingerprint density at radius 2 is 1.81 bits per heavy atom. The molecule has 0 aliphatic carbocycles. The molecule has 0 fully saturated rings. The van der Waals surface area contributed by atoms with Crippen molar-refractivity contribution in [2.24, 2.45) is 0 Å². The first-order valence-electron chi connectivity index (χ1n) is 4.94. The van der Waals surface area contributed by atoms with E-state index in [9.17, 15) is 0 Å². The van der Waals surface area contributed by atoms with Crippen molar-refractivity contribution < 1.29 is 4.74 Å². The quantitative estimate of drug-likeness (QED) is 0.772. The van der Waals surface area contributed by atoms with Gasteiger partial charge in [-0.25, -0.2) is 9.97 Å². The molecular formula is C12H12N3O. The van der Waals surface area contributed by atoms with Crippen molar-refractivity contribution in [3.63, 3.8) is 0 Å². The lowest BCUT2D eigenvalue weighted by atomic mass is 10.2. The number of nitrogens with one attached hydrogen (secondary N) is 1. The topological polar surface area (TPSA) is 58.8 Å². The fourth-order valence-corrected chi connectivity index (χ4v) is 1.34. The van der Waals surface area contributed by atoms with Crippen molar-refractivity contribution in [3.05, 3.63) is 42.0 Å². The number of nitrogens with zero attached hydrogens (tertiary/aromatic N) is 2. The molecule has 0 aliphatic rings. The zero-order valence-electron chi connectivity index (χ0n) is 9.19. The van der Waals surface area contributed by atoms with Gasteiger partial charge in [-0.05, 0) is 25.5 Å². The lowest BCUT2D eigenvalue weighted by Gasteiger charge is -2.09. The summed E-state index contributed by atoms with van der Waals surface area (Å²) in [5, 5.41) is 0. The highest BCUT2D eigenvalue weighted by Crippen LogP contribution is 2.30. The predicted octanol–water partition coefficient (Wildman–Crippen LogP) is 2.80. The molecule has 0 atom stereocenters. The van der Waals surface area contributed by atoms with E-state index in [2.05, 4.69) is 9.97 Å². The van der Waals surface area contributed by atoms with Crippen LogP contribution in [0.25, 0.3) is 0 Å². The van der Waals surface area contributed by atoms with E-state index in [1.165, 1.54) is 0 Å². The molecule has 0 bridgehead atoms. The monoisotopic (exact) mass is 214 g/mol. The van der Waals surface area contributed by atoms with Crippen LogP contribution in [0, 0.1) is 13.8 Å². The zero-order valence-corrected chi connectivity index (χ0v) is 9.19. The van der Waals surface area contributed by atoms with Gasteiger partial charge in [0.2, 0.25) is 0 Å². The van der Waals surface area contributed by atoms with Crippen molar-refractivity contribution in [1.82, 2.24) is 15.7 Å². The molecule has 1 aromatic heterocycles. The van der Waals surface area contributed by atoms with Crippen LogP contribution in [0.2, 0.25) is 0 Å². The fraction of sp³-hybridized carbons (Fsp3) is 0.167. The second-order valence-corrected chi connectivity index (χ2v) is 3.52. The minimum Gasteiger partial charge on any atom is -0.452 e. The van der Waals surface area contributed by atoms with E-state index in [1.807, 2.05) is 26.0 Å². The summed E-state index contributed by atoms with van der Waals surface area (Å²) in [7, 11) is 0. The van der Waals surface area contributed by atoms with Gasteiger partial charge in [-0.15, -0.1) is 0 Å². The molecule has 81 valence electrons. The van der Waals surface area contributed by atoms with Crippen molar-refractivity contribution in [1.29, 1.82) is 0 Å². The van der Waals surface area contributed by atoms with Gasteiger partial charge < -0.3 is 4.74 Å². The first kappa shape index (κ1) is 10.4. The molecule has 0 saturated carbocycles. The first-order chi connectivity index (χ1) is 7.66. The van der Waals surface area contributed by atoms with Crippen molar-refractivity contribution in [2.75, 3.05) is 0 Å². The molecule has 0 amide bonds. The number of ether oxygens (including phenoxy) is 1. The molecule has 2 rings (SSSR count). The normalized spacial score (nSPS) is 10.1. The number of para-hydroxylation sites is 1. The largest absolute Gasteiger partial charge is 0.452 e. The lowest BCUT2D eigenvalue weighted by Crippen LogP contribution is -1.92. The molecule has 0 aliphatic heterocycles. The van der Waals surface area contributed by atoms with Gasteiger partial charge in [-0.2, -0.15) is 0 Å². The van der Waals surface area contributed by atoms with Crippen LogP contribution in [0.3, 0.4) is 0 Å². The highest BCUT2D eigenvalue weighted by molar-refractivity contribution is 5.55. The average Bonchev–Trinajstić information content (AvgIpc) is 2.26. The van der Waals surface area contributed by atoms with Crippen LogP contribution >= 0.6 is 0 Å². The standard InChI is InChI=1S/C12H12N3O/c1-8-4-3-5-11(13)12(8)16-10-6-14-9(2)15-7-10/h3-7,13H,1-2H3. The van der Waals surface area contributed by atoms with E-state index in [4.69, 9.17) is 10.5 Å². The summed E-state index contributed by atoms with van der Waals surface area (Å²) >= 11 is 0. The summed E-state index contributed by atoms with van der Waals surface area (Å²) in [6, 6.07) is 5.43. The predicted molar refractivity (Wildman–Crippen MR) is 60.8 cm³/mol. The lowest BCUT2D eigenvalue weighted by molar-refractivity contribution is 0.474. The van der Waals surface area contributed by atoms with Crippen LogP contribution in [-0.4, -0.2) is 9.97 Å². The van der Waals surface area contributed by atoms with Gasteiger partial charge in [-0.1, -0.05) is 12.1 Å². The zero-order chi connectivity index (χ0) is 11.5. The third-order valence-corrected chi connectivity index (χ3v) is 2.19. The summed E-state index contributed by atoms with van der Waals surface area (Å²) in [5.74, 6) is 1.80. The Balaban J connectivity index is 2.30. The Bertz CT molecular complexity index is 474. The maximum atomic E-state index is 7.74. The van der Waals surface area contributed by atoms with E-state index >= 15 is 0 Å². The van der Waals surface area contributed by atoms with Gasteiger partial charge in [-0.3, -0.25) is 5.73 Å². The van der Waals surface area contributed by atoms with Crippen LogP contribution in [-0.2, 0) is 0 Å². The van der Waals surface area contributed by atoms with Crippen LogP contribution < -0.4 is 10.5 Å². The smallest absolute Gasteiger partial charge is 0.164 e. The summed E-state index contributed by atoms with van der Waals surface area (Å²) in [6.07, 6.45) is 3.21. The maximum absolute atomic E-state index is 7.74. The van der Waals surface area contributed by atoms with Gasteiger partial charge in [0, 0.05) is 0 Å². The molecule has 4 nitrogen and oxygen atoms in total. The number of hydrogen-bond acceptors (Lipinski definition) is 3. The number of hydrogen-bond donors (Lipinski definition) is 0. The van der Waals surface area contributed by atoms with Crippen molar-refractivity contribution >= 4 is 5.69 Å². The van der Waals surface area contributed by atoms with Crippen LogP contribution in [0.5, 0.6) is 11.5 Å². The van der Waals surface area contributed by atoms with Gasteiger partial charge in [0.15, 0.2) is 11.5 Å². The van der Waals surface area contributed by atoms with Crippen LogP contribution in [0.4, 0.5) is 5.69 Å². The summed E-state index contributed by atoms with van der Waals surface area (Å²) < 4.78 is 5.58. The third-order valence-electron chi connectivity index (χ3n) is 2.19. The summed E-state index contributed by atoms with van der Waals surface area (Å²) in [5.41, 5.74) is 9.02. The number of benzene rings is 1. The van der Waals surface area contributed by atoms with E-state index in [0.717, 1.165) is 5.56 Å². The highest BCUT2D eigenvalue weighted by atomic mass is 16.5. The Kier molecular flexibility index (Phi) is 2.72. The number of aryl methyl sites for hydroxylation is 2. The first-order valence-corrected chi connectivity index (χ1v) is 4.94. The molecule has 0 saturated heterocycles. The molecular weight excluding hydrogens is 202 g/mol. The number of rotatable bonds is 2. The molecule has 1 radical (unpaired) electrons. The van der Waals surface area contributed by atoms with Gasteiger partial charge in [0.1, 0.15) is 5.82 Å². The fourth-order valence-electron chi connectivity index (χ4n) is 1.34. The van der Waals surface area contributed by atoms with Gasteiger partial charge in [0.25, 0.3) is 0 Å². The SMILES string of the molecule is Cc1ncc(Oc2c(C)cccc2[NH])cn1. The summed E-state index contributed by atoms with van der Waals surface area (Å²) in [6.45, 7) is 3.72. The minimum atomic E-state index is 0.362. The Hall–Kier alpha value is -2.10. The molecule has 1 heterocycles. The Labute approximate surface area is 94.1 Å². The maximum Gasteiger partial charge on any atom is 0.164 e. The van der Waals surface area contributed by atoms with Gasteiger partial charge >= 0.3 is 0 Å². The molecule has 2 aromatic rings. The average molecular weight is 214 g/mol. The molecule has 0 spiro atoms. The Morgan fingerprint density at radius 3 is 2.44 bits per heavy atom. The highest BCUT2D eigenvalue weighted by Gasteiger charge is 2.06. The molecule has 16 heavy (non-hydrogen) atoms. The third kappa shape index (κ3) is 2.11. The molecule has 0 unspecified atom stereocenters. The van der Waals surface area contributed by atoms with E-state index in [1.54, 1.807) is 18.5 Å². The van der Waals surface area contributed by atoms with Crippen LogP contribution in [0.15, 0.2) is 30.6 Å². The second-order valence-electron chi connectivity index (χ2n) is 3.52. The van der Waals surface area contributed by atoms with Crippen molar-refractivity contribution in [2.45, 2.75) is 13.8 Å². The molecule has 1 N–H and O–H groups in total. The minimum absolute atomic E-state index is 0.362. The molecule has 4 heteroatoms. The molecule has 1 aromatic carbocycles. The van der Waals surface area contributed by atoms with E-state index in [0.29, 0.717) is 23.0 Å². The second kappa shape index (κ2) is 4.18. The summed E-state index contributed by atoms with van der Waals surface area (Å²) in [4.78, 5) is 8.07.